The lowest BCUT2D eigenvalue weighted by Crippen LogP contribution is -2.40. The van der Waals surface area contributed by atoms with Gasteiger partial charge in [-0.1, -0.05) is 256 Å². The third-order valence-corrected chi connectivity index (χ3v) is 13.4. The molecule has 0 aliphatic heterocycles. The second kappa shape index (κ2) is 53.8. The molecule has 0 spiro atoms. The number of carbonyl (C=O) groups is 3. The van der Waals surface area contributed by atoms with E-state index in [1.165, 1.54) is 193 Å². The molecular weight excluding hydrogens is 887 g/mol. The number of carboxylic acids is 1. The highest BCUT2D eigenvalue weighted by atomic mass is 16.7. The Balaban J connectivity index is 4.17. The van der Waals surface area contributed by atoms with Crippen LogP contribution in [0.25, 0.3) is 0 Å². The molecule has 9 nitrogen and oxygen atoms in total. The monoisotopic (exact) mass is 1000 g/mol. The van der Waals surface area contributed by atoms with Crippen LogP contribution in [-0.2, 0) is 33.3 Å². The van der Waals surface area contributed by atoms with Crippen molar-refractivity contribution in [3.63, 3.8) is 0 Å². The molecular formula is C62H116NO8+. The summed E-state index contributed by atoms with van der Waals surface area (Å²) in [4.78, 5) is 37.4. The SMILES string of the molecule is CCCCC/C=C\C/C=C\C/C=C\CCCCCCCCC(=O)OC(COC(=O)CCCCCCCCCCCCCCCCCCCCCCCCCCCCC)COC(OCC[N+](C)(C)C)C(=O)O. The van der Waals surface area contributed by atoms with E-state index in [2.05, 4.69) is 50.3 Å². The average Bonchev–Trinajstić information content (AvgIpc) is 3.34. The Bertz CT molecular complexity index is 1260. The molecule has 0 aromatic heterocycles. The van der Waals surface area contributed by atoms with Gasteiger partial charge < -0.3 is 28.5 Å². The maximum Gasteiger partial charge on any atom is 0.361 e. The van der Waals surface area contributed by atoms with E-state index < -0.39 is 24.3 Å². The van der Waals surface area contributed by atoms with Gasteiger partial charge in [0.15, 0.2) is 6.10 Å². The van der Waals surface area contributed by atoms with Gasteiger partial charge in [0.25, 0.3) is 6.29 Å². The van der Waals surface area contributed by atoms with Crippen LogP contribution < -0.4 is 0 Å². The van der Waals surface area contributed by atoms with E-state index in [0.717, 1.165) is 57.8 Å². The molecule has 0 aromatic carbocycles. The first-order valence-electron chi connectivity index (χ1n) is 30.2. The molecule has 0 aliphatic rings. The molecule has 0 saturated heterocycles. The van der Waals surface area contributed by atoms with E-state index >= 15 is 0 Å². The first kappa shape index (κ1) is 68.5. The Morgan fingerprint density at radius 1 is 0.423 bits per heavy atom. The second-order valence-electron chi connectivity index (χ2n) is 21.7. The van der Waals surface area contributed by atoms with Crippen molar-refractivity contribution >= 4 is 17.9 Å². The number of hydrogen-bond acceptors (Lipinski definition) is 7. The summed E-state index contributed by atoms with van der Waals surface area (Å²) in [6.07, 6.45) is 62.3. The number of nitrogens with zero attached hydrogens (tertiary/aromatic N) is 1. The predicted molar refractivity (Wildman–Crippen MR) is 300 cm³/mol. The number of quaternary nitrogens is 1. The average molecular weight is 1000 g/mol. The normalized spacial score (nSPS) is 13.0. The van der Waals surface area contributed by atoms with Gasteiger partial charge in [-0.15, -0.1) is 0 Å². The van der Waals surface area contributed by atoms with Crippen molar-refractivity contribution in [1.82, 2.24) is 0 Å². The first-order valence-corrected chi connectivity index (χ1v) is 30.2. The topological polar surface area (TPSA) is 108 Å². The fraction of sp³-hybridized carbons (Fsp3) is 0.855. The molecule has 2 unspecified atom stereocenters. The minimum atomic E-state index is -1.51. The molecule has 0 rings (SSSR count). The molecule has 0 saturated carbocycles. The zero-order chi connectivity index (χ0) is 52.0. The standard InChI is InChI=1S/C62H115NO8/c1-6-8-10-12-14-16-18-20-22-24-26-27-28-29-30-31-32-33-35-36-38-40-42-44-46-48-50-52-59(64)69-56-58(57-70-62(61(66)67)68-55-54-63(3,4)5)71-60(65)53-51-49-47-45-43-41-39-37-34-25-23-21-19-17-15-13-11-9-7-2/h15,17,21,23,34,37,58,62H,6-14,16,18-20,22,24-33,35-36,38-57H2,1-5H3/p+1/b17-15-,23-21-,37-34-. The number of rotatable bonds is 56. The largest absolute Gasteiger partial charge is 0.477 e. The summed E-state index contributed by atoms with van der Waals surface area (Å²) < 4.78 is 22.9. The van der Waals surface area contributed by atoms with Gasteiger partial charge in [-0.2, -0.15) is 0 Å². The number of ether oxygens (including phenoxy) is 4. The molecule has 0 aliphatic carbocycles. The predicted octanol–water partition coefficient (Wildman–Crippen LogP) is 17.7. The third kappa shape index (κ3) is 55.1. The lowest BCUT2D eigenvalue weighted by atomic mass is 10.0. The fourth-order valence-corrected chi connectivity index (χ4v) is 8.73. The van der Waals surface area contributed by atoms with E-state index in [0.29, 0.717) is 23.9 Å². The van der Waals surface area contributed by atoms with Gasteiger partial charge in [-0.3, -0.25) is 9.59 Å². The van der Waals surface area contributed by atoms with Crippen molar-refractivity contribution in [2.24, 2.45) is 0 Å². The van der Waals surface area contributed by atoms with Crippen molar-refractivity contribution in [3.8, 4) is 0 Å². The van der Waals surface area contributed by atoms with E-state index in [1.807, 2.05) is 21.1 Å². The van der Waals surface area contributed by atoms with Crippen molar-refractivity contribution in [1.29, 1.82) is 0 Å². The smallest absolute Gasteiger partial charge is 0.361 e. The molecule has 0 bridgehead atoms. The highest BCUT2D eigenvalue weighted by molar-refractivity contribution is 5.71. The number of allylic oxidation sites excluding steroid dienone is 6. The molecule has 416 valence electrons. The molecule has 0 heterocycles. The van der Waals surface area contributed by atoms with Gasteiger partial charge in [0.05, 0.1) is 34.4 Å². The first-order chi connectivity index (χ1) is 34.6. The summed E-state index contributed by atoms with van der Waals surface area (Å²) in [5.74, 6) is -2.01. The molecule has 0 aromatic rings. The number of carbonyl (C=O) groups excluding carboxylic acids is 2. The number of hydrogen-bond donors (Lipinski definition) is 1. The van der Waals surface area contributed by atoms with E-state index in [4.69, 9.17) is 18.9 Å². The quantitative estimate of drug-likeness (QED) is 0.0211. The van der Waals surface area contributed by atoms with Crippen molar-refractivity contribution in [2.75, 3.05) is 47.5 Å². The summed E-state index contributed by atoms with van der Waals surface area (Å²) in [6, 6.07) is 0. The minimum absolute atomic E-state index is 0.184. The van der Waals surface area contributed by atoms with Crippen LogP contribution in [-0.4, -0.2) is 87.4 Å². The Hall–Kier alpha value is -2.49. The minimum Gasteiger partial charge on any atom is -0.477 e. The van der Waals surface area contributed by atoms with Gasteiger partial charge in [-0.05, 0) is 51.4 Å². The molecule has 0 radical (unpaired) electrons. The van der Waals surface area contributed by atoms with Crippen LogP contribution in [0.2, 0.25) is 0 Å². The van der Waals surface area contributed by atoms with Gasteiger partial charge in [-0.25, -0.2) is 4.79 Å². The summed E-state index contributed by atoms with van der Waals surface area (Å²) in [5.41, 5.74) is 0. The number of carboxylic acid groups (broad SMARTS) is 1. The van der Waals surface area contributed by atoms with E-state index in [9.17, 15) is 19.5 Å². The van der Waals surface area contributed by atoms with E-state index in [1.54, 1.807) is 0 Å². The summed E-state index contributed by atoms with van der Waals surface area (Å²) in [7, 11) is 5.97. The number of esters is 2. The lowest BCUT2D eigenvalue weighted by Gasteiger charge is -2.25. The Morgan fingerprint density at radius 2 is 0.761 bits per heavy atom. The fourth-order valence-electron chi connectivity index (χ4n) is 8.73. The summed E-state index contributed by atoms with van der Waals surface area (Å²) >= 11 is 0. The van der Waals surface area contributed by atoms with Crippen molar-refractivity contribution < 1.29 is 42.9 Å². The molecule has 0 fully saturated rings. The molecule has 71 heavy (non-hydrogen) atoms. The van der Waals surface area contributed by atoms with Crippen LogP contribution in [0.15, 0.2) is 36.5 Å². The molecule has 1 N–H and O–H groups in total. The Labute approximate surface area is 439 Å². The Morgan fingerprint density at radius 3 is 1.15 bits per heavy atom. The molecule has 2 atom stereocenters. The summed E-state index contributed by atoms with van der Waals surface area (Å²) in [6.45, 7) is 4.88. The van der Waals surface area contributed by atoms with Crippen LogP contribution in [0.4, 0.5) is 0 Å². The highest BCUT2D eigenvalue weighted by Gasteiger charge is 2.25. The number of aliphatic carboxylic acids is 1. The summed E-state index contributed by atoms with van der Waals surface area (Å²) in [5, 5.41) is 9.70. The molecule has 0 amide bonds. The lowest BCUT2D eigenvalue weighted by molar-refractivity contribution is -0.870. The third-order valence-electron chi connectivity index (χ3n) is 13.4. The number of likely N-dealkylation sites (N-methyl/N-ethyl adjacent to an activating group) is 1. The van der Waals surface area contributed by atoms with Gasteiger partial charge in [0.2, 0.25) is 0 Å². The van der Waals surface area contributed by atoms with Crippen LogP contribution >= 0.6 is 0 Å². The van der Waals surface area contributed by atoms with Crippen molar-refractivity contribution in [3.05, 3.63) is 36.5 Å². The van der Waals surface area contributed by atoms with Gasteiger partial charge >= 0.3 is 17.9 Å². The Kier molecular flexibility index (Phi) is 51.9. The van der Waals surface area contributed by atoms with Crippen LogP contribution in [0.1, 0.15) is 284 Å². The maximum absolute atomic E-state index is 12.9. The molecule has 9 heteroatoms. The zero-order valence-corrected chi connectivity index (χ0v) is 47.4. The van der Waals surface area contributed by atoms with Gasteiger partial charge in [0.1, 0.15) is 13.2 Å². The van der Waals surface area contributed by atoms with E-state index in [-0.39, 0.29) is 32.2 Å². The second-order valence-corrected chi connectivity index (χ2v) is 21.7. The highest BCUT2D eigenvalue weighted by Crippen LogP contribution is 2.17. The zero-order valence-electron chi connectivity index (χ0n) is 47.4. The van der Waals surface area contributed by atoms with Gasteiger partial charge in [0, 0.05) is 12.8 Å². The van der Waals surface area contributed by atoms with Crippen LogP contribution in [0.3, 0.4) is 0 Å². The van der Waals surface area contributed by atoms with Crippen molar-refractivity contribution in [2.45, 2.75) is 296 Å². The number of unbranched alkanes of at least 4 members (excludes halogenated alkanes) is 35. The van der Waals surface area contributed by atoms with Crippen LogP contribution in [0, 0.1) is 0 Å². The van der Waals surface area contributed by atoms with Crippen LogP contribution in [0.5, 0.6) is 0 Å². The maximum atomic E-state index is 12.9.